The van der Waals surface area contributed by atoms with Crippen LogP contribution in [0.15, 0.2) is 6.07 Å². The Hall–Kier alpha value is -1.16. The molecule has 1 rings (SSSR count). The molecule has 1 aromatic heterocycles. The maximum Gasteiger partial charge on any atom is 0.139 e. The second kappa shape index (κ2) is 6.69. The van der Waals surface area contributed by atoms with Crippen molar-refractivity contribution in [3.8, 4) is 0 Å². The minimum atomic E-state index is 0.258. The Morgan fingerprint density at radius 3 is 2.61 bits per heavy atom. The first-order chi connectivity index (χ1) is 8.42. The summed E-state index contributed by atoms with van der Waals surface area (Å²) in [6, 6.07) is 1.97. The number of Topliss-reactive ketones (excluding diaryl/α,β-unsaturated/α-hetero) is 1. The van der Waals surface area contributed by atoms with Gasteiger partial charge in [0.2, 0.25) is 0 Å². The van der Waals surface area contributed by atoms with Gasteiger partial charge in [-0.15, -0.1) is 0 Å². The van der Waals surface area contributed by atoms with Crippen LogP contribution in [0.2, 0.25) is 0 Å². The average Bonchev–Trinajstić information content (AvgIpc) is 2.55. The first kappa shape index (κ1) is 14.9. The molecule has 1 heterocycles. The van der Waals surface area contributed by atoms with Crippen molar-refractivity contribution in [2.45, 2.75) is 40.0 Å². The van der Waals surface area contributed by atoms with Gasteiger partial charge in [-0.05, 0) is 37.8 Å². The predicted octanol–water partition coefficient (Wildman–Crippen LogP) is 1.85. The van der Waals surface area contributed by atoms with Crippen LogP contribution >= 0.6 is 0 Å². The maximum atomic E-state index is 12.0. The molecule has 1 aromatic rings. The van der Waals surface area contributed by atoms with Crippen LogP contribution in [0.4, 0.5) is 0 Å². The Labute approximate surface area is 110 Å². The highest BCUT2D eigenvalue weighted by atomic mass is 16.1. The molecule has 0 aliphatic heterocycles. The number of aryl methyl sites for hydroxylation is 2. The van der Waals surface area contributed by atoms with E-state index in [1.165, 1.54) is 0 Å². The molecule has 1 atom stereocenters. The molecular weight excluding hydrogens is 226 g/mol. The van der Waals surface area contributed by atoms with E-state index < -0.39 is 0 Å². The summed E-state index contributed by atoms with van der Waals surface area (Å²) in [6.07, 6.45) is 2.07. The molecule has 4 nitrogen and oxygen atoms in total. The highest BCUT2D eigenvalue weighted by Gasteiger charge is 2.15. The van der Waals surface area contributed by atoms with Crippen LogP contribution in [0.1, 0.15) is 38.1 Å². The Bertz CT molecular complexity index is 396. The first-order valence-corrected chi connectivity index (χ1v) is 6.63. The van der Waals surface area contributed by atoms with Gasteiger partial charge in [-0.2, -0.15) is 5.10 Å². The van der Waals surface area contributed by atoms with Crippen LogP contribution in [0, 0.1) is 18.8 Å². The lowest BCUT2D eigenvalue weighted by Gasteiger charge is -2.16. The topological polar surface area (TPSA) is 60.9 Å². The molecule has 0 aromatic carbocycles. The van der Waals surface area contributed by atoms with Crippen molar-refractivity contribution < 1.29 is 4.79 Å². The van der Waals surface area contributed by atoms with Gasteiger partial charge in [0.15, 0.2) is 0 Å². The molecule has 2 N–H and O–H groups in total. The summed E-state index contributed by atoms with van der Waals surface area (Å²) in [5.74, 6) is 1.16. The van der Waals surface area contributed by atoms with E-state index in [1.807, 2.05) is 20.0 Å². The number of carbonyl (C=O) groups excluding carboxylic acids is 1. The molecule has 102 valence electrons. The molecule has 0 spiro atoms. The van der Waals surface area contributed by atoms with Crippen molar-refractivity contribution in [2.75, 3.05) is 6.54 Å². The summed E-state index contributed by atoms with van der Waals surface area (Å²) < 4.78 is 1.78. The number of hydrogen-bond donors (Lipinski definition) is 1. The van der Waals surface area contributed by atoms with E-state index in [0.717, 1.165) is 17.8 Å². The van der Waals surface area contributed by atoms with E-state index in [4.69, 9.17) is 5.73 Å². The summed E-state index contributed by atoms with van der Waals surface area (Å²) in [6.45, 7) is 6.86. The summed E-state index contributed by atoms with van der Waals surface area (Å²) in [5.41, 5.74) is 7.67. The monoisotopic (exact) mass is 251 g/mol. The third-order valence-corrected chi connectivity index (χ3v) is 3.13. The highest BCUT2D eigenvalue weighted by molar-refractivity contribution is 5.80. The zero-order chi connectivity index (χ0) is 13.7. The standard InChI is InChI=1S/C14H25N3O/c1-10(2)5-12(9-15)7-14(18)8-13-6-11(3)16-17(13)4/h6,10,12H,5,7-9,15H2,1-4H3. The fourth-order valence-corrected chi connectivity index (χ4v) is 2.36. The van der Waals surface area contributed by atoms with E-state index >= 15 is 0 Å². The van der Waals surface area contributed by atoms with E-state index in [1.54, 1.807) is 4.68 Å². The Morgan fingerprint density at radius 1 is 1.50 bits per heavy atom. The van der Waals surface area contributed by atoms with Gasteiger partial charge in [-0.25, -0.2) is 0 Å². The van der Waals surface area contributed by atoms with Gasteiger partial charge in [-0.1, -0.05) is 13.8 Å². The van der Waals surface area contributed by atoms with Crippen molar-refractivity contribution >= 4 is 5.78 Å². The van der Waals surface area contributed by atoms with Crippen molar-refractivity contribution in [3.63, 3.8) is 0 Å². The van der Waals surface area contributed by atoms with Gasteiger partial charge in [0, 0.05) is 25.6 Å². The summed E-state index contributed by atoms with van der Waals surface area (Å²) in [5, 5.41) is 4.25. The maximum absolute atomic E-state index is 12.0. The van der Waals surface area contributed by atoms with Crippen LogP contribution in [0.25, 0.3) is 0 Å². The Morgan fingerprint density at radius 2 is 2.17 bits per heavy atom. The van der Waals surface area contributed by atoms with Gasteiger partial charge in [0.1, 0.15) is 5.78 Å². The van der Waals surface area contributed by atoms with Crippen LogP contribution in [0.5, 0.6) is 0 Å². The third kappa shape index (κ3) is 4.61. The number of hydrogen-bond acceptors (Lipinski definition) is 3. The van der Waals surface area contributed by atoms with Crippen molar-refractivity contribution in [2.24, 2.45) is 24.6 Å². The van der Waals surface area contributed by atoms with Crippen LogP contribution in [-0.4, -0.2) is 22.1 Å². The first-order valence-electron chi connectivity index (χ1n) is 6.63. The lowest BCUT2D eigenvalue weighted by molar-refractivity contribution is -0.119. The smallest absolute Gasteiger partial charge is 0.139 e. The molecule has 4 heteroatoms. The molecule has 0 aliphatic carbocycles. The number of carbonyl (C=O) groups is 1. The second-order valence-electron chi connectivity index (χ2n) is 5.55. The SMILES string of the molecule is Cc1cc(CC(=O)CC(CN)CC(C)C)n(C)n1. The van der Waals surface area contributed by atoms with Crippen molar-refractivity contribution in [3.05, 3.63) is 17.5 Å². The normalized spacial score (nSPS) is 13.0. The van der Waals surface area contributed by atoms with Crippen LogP contribution < -0.4 is 5.73 Å². The van der Waals surface area contributed by atoms with Gasteiger partial charge in [0.05, 0.1) is 5.69 Å². The molecule has 0 aliphatic rings. The molecule has 0 bridgehead atoms. The molecule has 0 fully saturated rings. The molecule has 0 amide bonds. The number of aromatic nitrogens is 2. The van der Waals surface area contributed by atoms with Crippen molar-refractivity contribution in [1.29, 1.82) is 0 Å². The number of nitrogens with two attached hydrogens (primary N) is 1. The molecular formula is C14H25N3O. The van der Waals surface area contributed by atoms with E-state index in [0.29, 0.717) is 31.2 Å². The third-order valence-electron chi connectivity index (χ3n) is 3.13. The Balaban J connectivity index is 2.52. The fraction of sp³-hybridized carbons (Fsp3) is 0.714. The summed E-state index contributed by atoms with van der Waals surface area (Å²) in [7, 11) is 1.88. The molecule has 18 heavy (non-hydrogen) atoms. The molecule has 0 saturated heterocycles. The second-order valence-corrected chi connectivity index (χ2v) is 5.55. The summed E-state index contributed by atoms with van der Waals surface area (Å²) in [4.78, 5) is 12.0. The van der Waals surface area contributed by atoms with Crippen LogP contribution in [-0.2, 0) is 18.3 Å². The van der Waals surface area contributed by atoms with Gasteiger partial charge < -0.3 is 5.73 Å². The van der Waals surface area contributed by atoms with E-state index in [2.05, 4.69) is 18.9 Å². The zero-order valence-electron chi connectivity index (χ0n) is 11.9. The van der Waals surface area contributed by atoms with E-state index in [-0.39, 0.29) is 5.78 Å². The van der Waals surface area contributed by atoms with Gasteiger partial charge >= 0.3 is 0 Å². The zero-order valence-corrected chi connectivity index (χ0v) is 11.9. The minimum absolute atomic E-state index is 0.258. The average molecular weight is 251 g/mol. The summed E-state index contributed by atoms with van der Waals surface area (Å²) >= 11 is 0. The minimum Gasteiger partial charge on any atom is -0.330 e. The largest absolute Gasteiger partial charge is 0.330 e. The predicted molar refractivity (Wildman–Crippen MR) is 73.3 cm³/mol. The molecule has 1 unspecified atom stereocenters. The van der Waals surface area contributed by atoms with Gasteiger partial charge in [-0.3, -0.25) is 9.48 Å². The lowest BCUT2D eigenvalue weighted by atomic mass is 9.91. The van der Waals surface area contributed by atoms with Crippen LogP contribution in [0.3, 0.4) is 0 Å². The highest BCUT2D eigenvalue weighted by Crippen LogP contribution is 2.16. The number of rotatable bonds is 7. The number of nitrogens with zero attached hydrogens (tertiary/aromatic N) is 2. The molecule has 0 saturated carbocycles. The molecule has 0 radical (unpaired) electrons. The fourth-order valence-electron chi connectivity index (χ4n) is 2.36. The van der Waals surface area contributed by atoms with Gasteiger partial charge in [0.25, 0.3) is 0 Å². The quantitative estimate of drug-likeness (QED) is 0.804. The van der Waals surface area contributed by atoms with Crippen molar-refractivity contribution in [1.82, 2.24) is 9.78 Å². The van der Waals surface area contributed by atoms with E-state index in [9.17, 15) is 4.79 Å². The Kier molecular flexibility index (Phi) is 5.54. The lowest BCUT2D eigenvalue weighted by Crippen LogP contribution is -2.21. The number of ketones is 1.